The van der Waals surface area contributed by atoms with Crippen LogP contribution >= 0.6 is 0 Å². The highest BCUT2D eigenvalue weighted by atomic mass is 16.5. The van der Waals surface area contributed by atoms with Crippen LogP contribution < -0.4 is 0 Å². The highest BCUT2D eigenvalue weighted by Gasteiger charge is 2.15. The summed E-state index contributed by atoms with van der Waals surface area (Å²) in [7, 11) is 0. The van der Waals surface area contributed by atoms with E-state index in [-0.39, 0.29) is 5.41 Å². The van der Waals surface area contributed by atoms with Gasteiger partial charge in [-0.25, -0.2) is 0 Å². The molecule has 1 aromatic carbocycles. The average Bonchev–Trinajstić information content (AvgIpc) is 2.97. The Labute approximate surface area is 123 Å². The third kappa shape index (κ3) is 2.84. The second-order valence-corrected chi connectivity index (χ2v) is 5.99. The van der Waals surface area contributed by atoms with Gasteiger partial charge in [0.05, 0.1) is 0 Å². The van der Waals surface area contributed by atoms with Gasteiger partial charge in [0.1, 0.15) is 0 Å². The molecule has 0 spiro atoms. The molecule has 0 radical (unpaired) electrons. The second kappa shape index (κ2) is 5.13. The molecule has 3 aromatic rings. The Bertz CT molecular complexity index is 725. The summed E-state index contributed by atoms with van der Waals surface area (Å²) in [6.45, 7) is 6.58. The molecule has 0 aliphatic heterocycles. The Kier molecular flexibility index (Phi) is 3.29. The van der Waals surface area contributed by atoms with Crippen molar-refractivity contribution < 1.29 is 4.52 Å². The Hall–Kier alpha value is -2.49. The third-order valence-corrected chi connectivity index (χ3v) is 3.36. The molecule has 4 nitrogen and oxygen atoms in total. The lowest BCUT2D eigenvalue weighted by Gasteiger charge is -2.18. The van der Waals surface area contributed by atoms with Gasteiger partial charge in [-0.15, -0.1) is 0 Å². The van der Waals surface area contributed by atoms with Crippen molar-refractivity contribution in [1.29, 1.82) is 0 Å². The Balaban J connectivity index is 1.90. The molecule has 0 aliphatic rings. The quantitative estimate of drug-likeness (QED) is 0.708. The number of aromatic nitrogens is 3. The molecule has 0 saturated heterocycles. The molecule has 0 saturated carbocycles. The fraction of sp³-hybridized carbons (Fsp3) is 0.235. The predicted molar refractivity (Wildman–Crippen MR) is 81.7 cm³/mol. The van der Waals surface area contributed by atoms with Gasteiger partial charge < -0.3 is 4.52 Å². The maximum atomic E-state index is 5.31. The zero-order chi connectivity index (χ0) is 14.9. The van der Waals surface area contributed by atoms with Crippen molar-refractivity contribution in [3.8, 4) is 22.8 Å². The van der Waals surface area contributed by atoms with Crippen molar-refractivity contribution >= 4 is 0 Å². The van der Waals surface area contributed by atoms with Crippen LogP contribution in [-0.2, 0) is 5.41 Å². The average molecular weight is 279 g/mol. The minimum Gasteiger partial charge on any atom is -0.334 e. The molecular formula is C17H17N3O. The van der Waals surface area contributed by atoms with E-state index in [0.717, 1.165) is 11.1 Å². The number of rotatable bonds is 2. The standard InChI is InChI=1S/C17H17N3O/c1-17(2,3)14-6-4-12(5-7-14)15-19-16(21-20-15)13-8-10-18-11-9-13/h4-11H,1-3H3. The van der Waals surface area contributed by atoms with E-state index in [1.807, 2.05) is 24.3 Å². The monoisotopic (exact) mass is 279 g/mol. The zero-order valence-electron chi connectivity index (χ0n) is 12.4. The molecule has 0 fully saturated rings. The van der Waals surface area contributed by atoms with Gasteiger partial charge in [0.25, 0.3) is 5.89 Å². The molecule has 0 unspecified atom stereocenters. The van der Waals surface area contributed by atoms with Gasteiger partial charge in [-0.3, -0.25) is 4.98 Å². The van der Waals surface area contributed by atoms with E-state index < -0.39 is 0 Å². The van der Waals surface area contributed by atoms with E-state index >= 15 is 0 Å². The van der Waals surface area contributed by atoms with Crippen LogP contribution in [0.5, 0.6) is 0 Å². The molecule has 0 atom stereocenters. The summed E-state index contributed by atoms with van der Waals surface area (Å²) < 4.78 is 5.31. The van der Waals surface area contributed by atoms with Crippen molar-refractivity contribution in [3.63, 3.8) is 0 Å². The van der Waals surface area contributed by atoms with E-state index in [1.165, 1.54) is 5.56 Å². The summed E-state index contributed by atoms with van der Waals surface area (Å²) in [6, 6.07) is 12.0. The minimum atomic E-state index is 0.137. The zero-order valence-corrected chi connectivity index (χ0v) is 12.4. The molecule has 21 heavy (non-hydrogen) atoms. The molecule has 0 aliphatic carbocycles. The van der Waals surface area contributed by atoms with Crippen molar-refractivity contribution in [2.45, 2.75) is 26.2 Å². The molecular weight excluding hydrogens is 262 g/mol. The maximum Gasteiger partial charge on any atom is 0.258 e. The van der Waals surface area contributed by atoms with E-state index in [0.29, 0.717) is 11.7 Å². The first kappa shape index (κ1) is 13.5. The van der Waals surface area contributed by atoms with Gasteiger partial charge in [0, 0.05) is 23.5 Å². The summed E-state index contributed by atoms with van der Waals surface area (Å²) in [4.78, 5) is 8.42. The van der Waals surface area contributed by atoms with Crippen LogP contribution in [0.2, 0.25) is 0 Å². The first-order valence-electron chi connectivity index (χ1n) is 6.89. The van der Waals surface area contributed by atoms with Gasteiger partial charge in [0.2, 0.25) is 5.82 Å². The predicted octanol–water partition coefficient (Wildman–Crippen LogP) is 4.10. The SMILES string of the molecule is CC(C)(C)c1ccc(-c2noc(-c3ccncc3)n2)cc1. The molecule has 106 valence electrons. The third-order valence-electron chi connectivity index (χ3n) is 3.36. The van der Waals surface area contributed by atoms with Crippen LogP contribution in [-0.4, -0.2) is 15.1 Å². The Morgan fingerprint density at radius 1 is 0.857 bits per heavy atom. The van der Waals surface area contributed by atoms with E-state index in [4.69, 9.17) is 4.52 Å². The van der Waals surface area contributed by atoms with Crippen LogP contribution in [0.3, 0.4) is 0 Å². The van der Waals surface area contributed by atoms with Crippen molar-refractivity contribution in [3.05, 3.63) is 54.4 Å². The van der Waals surface area contributed by atoms with Crippen LogP contribution in [0.25, 0.3) is 22.8 Å². The smallest absolute Gasteiger partial charge is 0.258 e. The summed E-state index contributed by atoms with van der Waals surface area (Å²) in [6.07, 6.45) is 3.41. The first-order chi connectivity index (χ1) is 10.0. The fourth-order valence-electron chi connectivity index (χ4n) is 2.07. The Morgan fingerprint density at radius 2 is 1.52 bits per heavy atom. The number of benzene rings is 1. The highest BCUT2D eigenvalue weighted by molar-refractivity contribution is 5.59. The molecule has 4 heteroatoms. The summed E-state index contributed by atoms with van der Waals surface area (Å²) >= 11 is 0. The van der Waals surface area contributed by atoms with Crippen molar-refractivity contribution in [2.24, 2.45) is 0 Å². The summed E-state index contributed by atoms with van der Waals surface area (Å²) in [5.41, 5.74) is 3.24. The van der Waals surface area contributed by atoms with E-state index in [2.05, 4.69) is 48.0 Å². The highest BCUT2D eigenvalue weighted by Crippen LogP contribution is 2.26. The van der Waals surface area contributed by atoms with Crippen LogP contribution in [0.15, 0.2) is 53.3 Å². The molecule has 0 N–H and O–H groups in total. The first-order valence-corrected chi connectivity index (χ1v) is 6.89. The van der Waals surface area contributed by atoms with Gasteiger partial charge >= 0.3 is 0 Å². The second-order valence-electron chi connectivity index (χ2n) is 5.99. The maximum absolute atomic E-state index is 5.31. The van der Waals surface area contributed by atoms with Crippen LogP contribution in [0.4, 0.5) is 0 Å². The largest absolute Gasteiger partial charge is 0.334 e. The lowest BCUT2D eigenvalue weighted by Crippen LogP contribution is -2.10. The van der Waals surface area contributed by atoms with Gasteiger partial charge in [-0.2, -0.15) is 4.98 Å². The Morgan fingerprint density at radius 3 is 2.14 bits per heavy atom. The van der Waals surface area contributed by atoms with Crippen molar-refractivity contribution in [2.75, 3.05) is 0 Å². The molecule has 2 heterocycles. The van der Waals surface area contributed by atoms with Crippen molar-refractivity contribution in [1.82, 2.24) is 15.1 Å². The van der Waals surface area contributed by atoms with Gasteiger partial charge in [-0.1, -0.05) is 50.2 Å². The van der Waals surface area contributed by atoms with E-state index in [9.17, 15) is 0 Å². The summed E-state index contributed by atoms with van der Waals surface area (Å²) in [5, 5.41) is 4.05. The molecule has 0 bridgehead atoms. The molecule has 0 amide bonds. The lowest BCUT2D eigenvalue weighted by molar-refractivity contribution is 0.432. The number of pyridine rings is 1. The molecule has 3 rings (SSSR count). The number of hydrogen-bond acceptors (Lipinski definition) is 4. The normalized spacial score (nSPS) is 11.6. The topological polar surface area (TPSA) is 51.8 Å². The number of hydrogen-bond donors (Lipinski definition) is 0. The van der Waals surface area contributed by atoms with Gasteiger partial charge in [-0.05, 0) is 23.1 Å². The number of nitrogens with zero attached hydrogens (tertiary/aromatic N) is 3. The van der Waals surface area contributed by atoms with Crippen LogP contribution in [0, 0.1) is 0 Å². The fourth-order valence-corrected chi connectivity index (χ4v) is 2.07. The molecule has 2 aromatic heterocycles. The van der Waals surface area contributed by atoms with Gasteiger partial charge in [0.15, 0.2) is 0 Å². The minimum absolute atomic E-state index is 0.137. The van der Waals surface area contributed by atoms with E-state index in [1.54, 1.807) is 12.4 Å². The lowest BCUT2D eigenvalue weighted by atomic mass is 9.87. The summed E-state index contributed by atoms with van der Waals surface area (Å²) in [5.74, 6) is 1.11. The van der Waals surface area contributed by atoms with Crippen LogP contribution in [0.1, 0.15) is 26.3 Å².